The van der Waals surface area contributed by atoms with E-state index in [-0.39, 0.29) is 12.1 Å². The molecule has 16 heavy (non-hydrogen) atoms. The fourth-order valence-corrected chi connectivity index (χ4v) is 1.94. The standard InChI is InChI=1S/C13H20BrNO/c1-10-4-5-12(14)8-11(10)9-15-13(2,3)6-7-16/h4-5,8,15-16H,6-7,9H2,1-3H3. The van der Waals surface area contributed by atoms with E-state index in [2.05, 4.69) is 60.2 Å². The number of nitrogens with one attached hydrogen (secondary N) is 1. The number of benzene rings is 1. The molecule has 0 heterocycles. The number of aryl methyl sites for hydroxylation is 1. The second-order valence-electron chi connectivity index (χ2n) is 4.78. The van der Waals surface area contributed by atoms with Gasteiger partial charge in [-0.2, -0.15) is 0 Å². The van der Waals surface area contributed by atoms with Gasteiger partial charge in [0.1, 0.15) is 0 Å². The smallest absolute Gasteiger partial charge is 0.0448 e. The van der Waals surface area contributed by atoms with Crippen LogP contribution in [0.4, 0.5) is 0 Å². The van der Waals surface area contributed by atoms with Crippen molar-refractivity contribution in [3.63, 3.8) is 0 Å². The van der Waals surface area contributed by atoms with Gasteiger partial charge in [0.2, 0.25) is 0 Å². The van der Waals surface area contributed by atoms with Crippen molar-refractivity contribution < 1.29 is 5.11 Å². The zero-order valence-corrected chi connectivity index (χ0v) is 11.8. The lowest BCUT2D eigenvalue weighted by Crippen LogP contribution is -2.39. The summed E-state index contributed by atoms with van der Waals surface area (Å²) in [5, 5.41) is 12.4. The fourth-order valence-electron chi connectivity index (χ4n) is 1.53. The Morgan fingerprint density at radius 3 is 2.69 bits per heavy atom. The SMILES string of the molecule is Cc1ccc(Br)cc1CNC(C)(C)CCO. The topological polar surface area (TPSA) is 32.3 Å². The van der Waals surface area contributed by atoms with Crippen molar-refractivity contribution in [3.05, 3.63) is 33.8 Å². The van der Waals surface area contributed by atoms with Gasteiger partial charge >= 0.3 is 0 Å². The minimum atomic E-state index is -0.0243. The molecule has 1 aromatic rings. The van der Waals surface area contributed by atoms with Crippen LogP contribution in [0.2, 0.25) is 0 Å². The average molecular weight is 286 g/mol. The molecule has 90 valence electrons. The summed E-state index contributed by atoms with van der Waals surface area (Å²) in [4.78, 5) is 0. The molecule has 0 unspecified atom stereocenters. The van der Waals surface area contributed by atoms with E-state index in [0.29, 0.717) is 0 Å². The lowest BCUT2D eigenvalue weighted by molar-refractivity contribution is 0.230. The molecule has 0 aliphatic heterocycles. The fraction of sp³-hybridized carbons (Fsp3) is 0.538. The Labute approximate surface area is 106 Å². The first kappa shape index (κ1) is 13.7. The largest absolute Gasteiger partial charge is 0.396 e. The highest BCUT2D eigenvalue weighted by Crippen LogP contribution is 2.17. The molecule has 2 nitrogen and oxygen atoms in total. The van der Waals surface area contributed by atoms with Gasteiger partial charge in [0, 0.05) is 23.2 Å². The Hall–Kier alpha value is -0.380. The van der Waals surface area contributed by atoms with Gasteiger partial charge in [0.05, 0.1) is 0 Å². The molecule has 0 aliphatic rings. The molecular weight excluding hydrogens is 266 g/mol. The van der Waals surface area contributed by atoms with Gasteiger partial charge in [-0.1, -0.05) is 22.0 Å². The summed E-state index contributed by atoms with van der Waals surface area (Å²) in [6.45, 7) is 7.38. The summed E-state index contributed by atoms with van der Waals surface area (Å²) < 4.78 is 1.11. The summed E-state index contributed by atoms with van der Waals surface area (Å²) in [7, 11) is 0. The van der Waals surface area contributed by atoms with Crippen LogP contribution >= 0.6 is 15.9 Å². The lowest BCUT2D eigenvalue weighted by atomic mass is 10.00. The molecule has 3 heteroatoms. The van der Waals surface area contributed by atoms with E-state index in [9.17, 15) is 0 Å². The van der Waals surface area contributed by atoms with E-state index >= 15 is 0 Å². The third-order valence-electron chi connectivity index (χ3n) is 2.81. The lowest BCUT2D eigenvalue weighted by Gasteiger charge is -2.26. The molecule has 0 atom stereocenters. The van der Waals surface area contributed by atoms with Gasteiger partial charge in [0.15, 0.2) is 0 Å². The van der Waals surface area contributed by atoms with Gasteiger partial charge in [-0.3, -0.25) is 0 Å². The number of hydrogen-bond donors (Lipinski definition) is 2. The number of hydrogen-bond acceptors (Lipinski definition) is 2. The maximum Gasteiger partial charge on any atom is 0.0448 e. The van der Waals surface area contributed by atoms with Gasteiger partial charge in [-0.15, -0.1) is 0 Å². The van der Waals surface area contributed by atoms with Gasteiger partial charge in [0.25, 0.3) is 0 Å². The third kappa shape index (κ3) is 4.24. The molecule has 0 bridgehead atoms. The van der Waals surface area contributed by atoms with Crippen molar-refractivity contribution in [3.8, 4) is 0 Å². The van der Waals surface area contributed by atoms with E-state index in [1.165, 1.54) is 11.1 Å². The highest BCUT2D eigenvalue weighted by atomic mass is 79.9. The maximum atomic E-state index is 8.95. The maximum absolute atomic E-state index is 8.95. The van der Waals surface area contributed by atoms with Crippen molar-refractivity contribution in [2.45, 2.75) is 39.3 Å². The second kappa shape index (κ2) is 5.80. The molecule has 0 amide bonds. The van der Waals surface area contributed by atoms with Crippen LogP contribution in [-0.4, -0.2) is 17.3 Å². The Morgan fingerprint density at radius 1 is 1.38 bits per heavy atom. The zero-order chi connectivity index (χ0) is 12.2. The molecule has 0 saturated carbocycles. The molecule has 1 rings (SSSR count). The van der Waals surface area contributed by atoms with E-state index in [1.54, 1.807) is 0 Å². The summed E-state index contributed by atoms with van der Waals surface area (Å²) in [5.74, 6) is 0. The molecule has 0 aromatic heterocycles. The van der Waals surface area contributed by atoms with Crippen molar-refractivity contribution >= 4 is 15.9 Å². The van der Waals surface area contributed by atoms with Crippen molar-refractivity contribution in [2.24, 2.45) is 0 Å². The summed E-state index contributed by atoms with van der Waals surface area (Å²) >= 11 is 3.48. The van der Waals surface area contributed by atoms with E-state index in [0.717, 1.165) is 17.4 Å². The van der Waals surface area contributed by atoms with Crippen molar-refractivity contribution in [1.82, 2.24) is 5.32 Å². The number of aliphatic hydroxyl groups excluding tert-OH is 1. The highest BCUT2D eigenvalue weighted by Gasteiger charge is 2.16. The molecule has 0 fully saturated rings. The third-order valence-corrected chi connectivity index (χ3v) is 3.30. The number of aliphatic hydroxyl groups is 1. The highest BCUT2D eigenvalue weighted by molar-refractivity contribution is 9.10. The Morgan fingerprint density at radius 2 is 2.06 bits per heavy atom. The van der Waals surface area contributed by atoms with E-state index in [1.807, 2.05) is 0 Å². The van der Waals surface area contributed by atoms with Crippen molar-refractivity contribution in [1.29, 1.82) is 0 Å². The van der Waals surface area contributed by atoms with Crippen LogP contribution in [0.15, 0.2) is 22.7 Å². The minimum Gasteiger partial charge on any atom is -0.396 e. The molecule has 0 radical (unpaired) electrons. The van der Waals surface area contributed by atoms with Crippen LogP contribution in [-0.2, 0) is 6.54 Å². The van der Waals surface area contributed by atoms with Crippen LogP contribution in [0.3, 0.4) is 0 Å². The number of rotatable bonds is 5. The van der Waals surface area contributed by atoms with Crippen molar-refractivity contribution in [2.75, 3.05) is 6.61 Å². The average Bonchev–Trinajstić information content (AvgIpc) is 2.19. The minimum absolute atomic E-state index is 0.0243. The van der Waals surface area contributed by atoms with Crippen LogP contribution in [0, 0.1) is 6.92 Å². The first-order valence-corrected chi connectivity index (χ1v) is 6.35. The first-order valence-electron chi connectivity index (χ1n) is 5.55. The predicted octanol–water partition coefficient (Wildman–Crippen LogP) is 3.01. The number of halogens is 1. The normalized spacial score (nSPS) is 11.8. The Balaban J connectivity index is 2.63. The molecular formula is C13H20BrNO. The molecule has 1 aromatic carbocycles. The molecule has 0 saturated heterocycles. The first-order chi connectivity index (χ1) is 7.44. The van der Waals surface area contributed by atoms with E-state index < -0.39 is 0 Å². The Bertz CT molecular complexity index is 350. The van der Waals surface area contributed by atoms with Gasteiger partial charge in [-0.05, 0) is 50.5 Å². The van der Waals surface area contributed by atoms with Crippen LogP contribution in [0.5, 0.6) is 0 Å². The predicted molar refractivity (Wildman–Crippen MR) is 71.5 cm³/mol. The summed E-state index contributed by atoms with van der Waals surface area (Å²) in [5.41, 5.74) is 2.56. The van der Waals surface area contributed by atoms with Crippen LogP contribution < -0.4 is 5.32 Å². The van der Waals surface area contributed by atoms with Gasteiger partial charge in [-0.25, -0.2) is 0 Å². The van der Waals surface area contributed by atoms with Gasteiger partial charge < -0.3 is 10.4 Å². The van der Waals surface area contributed by atoms with E-state index in [4.69, 9.17) is 5.11 Å². The molecule has 2 N–H and O–H groups in total. The summed E-state index contributed by atoms with van der Waals surface area (Å²) in [6, 6.07) is 6.30. The second-order valence-corrected chi connectivity index (χ2v) is 5.70. The quantitative estimate of drug-likeness (QED) is 0.872. The molecule has 0 spiro atoms. The Kier molecular flexibility index (Phi) is 4.96. The van der Waals surface area contributed by atoms with Crippen LogP contribution in [0.25, 0.3) is 0 Å². The summed E-state index contributed by atoms with van der Waals surface area (Å²) in [6.07, 6.45) is 0.764. The monoisotopic (exact) mass is 285 g/mol. The zero-order valence-electron chi connectivity index (χ0n) is 10.2. The molecule has 0 aliphatic carbocycles. The van der Waals surface area contributed by atoms with Crippen LogP contribution in [0.1, 0.15) is 31.4 Å².